The lowest BCUT2D eigenvalue weighted by atomic mass is 9.95. The lowest BCUT2D eigenvalue weighted by molar-refractivity contribution is 0.331. The summed E-state index contributed by atoms with van der Waals surface area (Å²) in [4.78, 5) is 2.61. The molecule has 1 saturated carbocycles. The number of rotatable bonds is 2. The van der Waals surface area contributed by atoms with Crippen molar-refractivity contribution in [2.24, 2.45) is 5.92 Å². The van der Waals surface area contributed by atoms with E-state index < -0.39 is 0 Å². The van der Waals surface area contributed by atoms with E-state index in [1.165, 1.54) is 42.6 Å². The van der Waals surface area contributed by atoms with Crippen LogP contribution in [-0.4, -0.2) is 25.2 Å². The summed E-state index contributed by atoms with van der Waals surface area (Å²) < 4.78 is 0. The summed E-state index contributed by atoms with van der Waals surface area (Å²) in [6.07, 6.45) is 4.06. The van der Waals surface area contributed by atoms with Gasteiger partial charge in [-0.2, -0.15) is 0 Å². The first-order chi connectivity index (χ1) is 9.08. The fraction of sp³-hybridized carbons (Fsp3) is 0.647. The maximum absolute atomic E-state index is 3.81. The molecular weight excluding hydrogens is 232 g/mol. The van der Waals surface area contributed by atoms with Gasteiger partial charge in [0.25, 0.3) is 0 Å². The topological polar surface area (TPSA) is 15.3 Å². The van der Waals surface area contributed by atoms with Crippen LogP contribution in [0.4, 0.5) is 5.69 Å². The summed E-state index contributed by atoms with van der Waals surface area (Å²) in [5.74, 6) is 0.887. The molecule has 0 aromatic heterocycles. The highest BCUT2D eigenvalue weighted by Gasteiger charge is 2.43. The predicted molar refractivity (Wildman–Crippen MR) is 81.9 cm³/mol. The molecule has 2 aliphatic rings. The van der Waals surface area contributed by atoms with Crippen molar-refractivity contribution in [3.05, 3.63) is 29.3 Å². The summed E-state index contributed by atoms with van der Waals surface area (Å²) in [6.45, 7) is 10.4. The second-order valence-corrected chi connectivity index (χ2v) is 6.68. The van der Waals surface area contributed by atoms with E-state index in [4.69, 9.17) is 0 Å². The zero-order chi connectivity index (χ0) is 13.5. The van der Waals surface area contributed by atoms with Gasteiger partial charge in [-0.15, -0.1) is 0 Å². The van der Waals surface area contributed by atoms with Gasteiger partial charge in [-0.25, -0.2) is 0 Å². The van der Waals surface area contributed by atoms with Crippen molar-refractivity contribution in [1.29, 1.82) is 0 Å². The Morgan fingerprint density at radius 1 is 1.26 bits per heavy atom. The van der Waals surface area contributed by atoms with Crippen LogP contribution in [0.15, 0.2) is 18.2 Å². The van der Waals surface area contributed by atoms with Gasteiger partial charge < -0.3 is 10.2 Å². The van der Waals surface area contributed by atoms with Crippen molar-refractivity contribution in [2.45, 2.75) is 45.6 Å². The van der Waals surface area contributed by atoms with E-state index in [9.17, 15) is 0 Å². The van der Waals surface area contributed by atoms with E-state index in [1.807, 2.05) is 0 Å². The van der Waals surface area contributed by atoms with E-state index in [2.05, 4.69) is 49.2 Å². The fourth-order valence-electron chi connectivity index (χ4n) is 3.43. The van der Waals surface area contributed by atoms with Crippen molar-refractivity contribution < 1.29 is 0 Å². The van der Waals surface area contributed by atoms with Crippen LogP contribution >= 0.6 is 0 Å². The first-order valence-electron chi connectivity index (χ1n) is 7.66. The van der Waals surface area contributed by atoms with E-state index in [0.717, 1.165) is 19.0 Å². The van der Waals surface area contributed by atoms with Gasteiger partial charge in [-0.1, -0.05) is 12.1 Å². The molecule has 0 radical (unpaired) electrons. The lowest BCUT2D eigenvalue weighted by Gasteiger charge is -2.35. The predicted octanol–water partition coefficient (Wildman–Crippen LogP) is 3.27. The molecule has 2 heteroatoms. The Hall–Kier alpha value is -1.02. The zero-order valence-corrected chi connectivity index (χ0v) is 12.5. The van der Waals surface area contributed by atoms with Gasteiger partial charge in [-0.3, -0.25) is 0 Å². The molecule has 3 rings (SSSR count). The van der Waals surface area contributed by atoms with Gasteiger partial charge >= 0.3 is 0 Å². The van der Waals surface area contributed by atoms with E-state index in [-0.39, 0.29) is 0 Å². The van der Waals surface area contributed by atoms with Gasteiger partial charge in [0.2, 0.25) is 0 Å². The normalized spacial score (nSPS) is 28.3. The number of nitrogens with one attached hydrogen (secondary N) is 1. The molecule has 1 unspecified atom stereocenters. The Morgan fingerprint density at radius 2 is 2.05 bits per heavy atom. The van der Waals surface area contributed by atoms with Crippen LogP contribution in [-0.2, 0) is 0 Å². The molecule has 1 atom stereocenters. The van der Waals surface area contributed by atoms with Crippen LogP contribution in [0.1, 0.15) is 37.3 Å². The monoisotopic (exact) mass is 258 g/mol. The summed E-state index contributed by atoms with van der Waals surface area (Å²) in [6, 6.07) is 6.83. The maximum Gasteiger partial charge on any atom is 0.0399 e. The number of nitrogens with zero attached hydrogens (tertiary/aromatic N) is 1. The van der Waals surface area contributed by atoms with Gasteiger partial charge in [0.05, 0.1) is 0 Å². The van der Waals surface area contributed by atoms with Crippen LogP contribution in [0.3, 0.4) is 0 Å². The van der Waals surface area contributed by atoms with Crippen LogP contribution < -0.4 is 10.2 Å². The quantitative estimate of drug-likeness (QED) is 0.876. The highest BCUT2D eigenvalue weighted by molar-refractivity contribution is 5.55. The summed E-state index contributed by atoms with van der Waals surface area (Å²) in [7, 11) is 0. The van der Waals surface area contributed by atoms with Crippen molar-refractivity contribution in [3.63, 3.8) is 0 Å². The largest absolute Gasteiger partial charge is 0.369 e. The van der Waals surface area contributed by atoms with Crippen molar-refractivity contribution in [1.82, 2.24) is 5.32 Å². The second-order valence-electron chi connectivity index (χ2n) is 6.68. The molecule has 1 aromatic carbocycles. The Labute approximate surface area is 117 Å². The molecule has 1 aromatic rings. The number of benzene rings is 1. The summed E-state index contributed by atoms with van der Waals surface area (Å²) >= 11 is 0. The fourth-order valence-corrected chi connectivity index (χ4v) is 3.43. The SMILES string of the molecule is Cc1ccc(C)c(N2CCCNC(C)(C3CC3)C2)c1. The average molecular weight is 258 g/mol. The maximum atomic E-state index is 3.81. The standard InChI is InChI=1S/C17H26N2/c1-13-5-6-14(2)16(11-13)19-10-4-9-18-17(3,12-19)15-7-8-15/h5-6,11,15,18H,4,7-10,12H2,1-3H3. The summed E-state index contributed by atoms with van der Waals surface area (Å²) in [5.41, 5.74) is 4.53. The molecule has 1 aliphatic heterocycles. The van der Waals surface area contributed by atoms with Crippen molar-refractivity contribution in [2.75, 3.05) is 24.5 Å². The first-order valence-corrected chi connectivity index (χ1v) is 7.66. The first kappa shape index (κ1) is 13.0. The molecule has 1 saturated heterocycles. The summed E-state index contributed by atoms with van der Waals surface area (Å²) in [5, 5.41) is 3.81. The Morgan fingerprint density at radius 3 is 2.79 bits per heavy atom. The number of hydrogen-bond donors (Lipinski definition) is 1. The molecule has 2 fully saturated rings. The van der Waals surface area contributed by atoms with E-state index >= 15 is 0 Å². The Kier molecular flexibility index (Phi) is 3.30. The molecule has 0 amide bonds. The third-order valence-electron chi connectivity index (χ3n) is 4.84. The van der Waals surface area contributed by atoms with Gasteiger partial charge in [0, 0.05) is 24.3 Å². The minimum atomic E-state index is 0.312. The molecular formula is C17H26N2. The third kappa shape index (κ3) is 2.64. The van der Waals surface area contributed by atoms with Crippen molar-refractivity contribution in [3.8, 4) is 0 Å². The second kappa shape index (κ2) is 4.82. The van der Waals surface area contributed by atoms with E-state index in [0.29, 0.717) is 5.54 Å². The molecule has 0 spiro atoms. The Bertz CT molecular complexity index is 464. The third-order valence-corrected chi connectivity index (χ3v) is 4.84. The number of hydrogen-bond acceptors (Lipinski definition) is 2. The van der Waals surface area contributed by atoms with Crippen LogP contribution in [0, 0.1) is 19.8 Å². The smallest absolute Gasteiger partial charge is 0.0399 e. The molecule has 1 heterocycles. The van der Waals surface area contributed by atoms with Crippen molar-refractivity contribution >= 4 is 5.69 Å². The lowest BCUT2D eigenvalue weighted by Crippen LogP contribution is -2.51. The molecule has 0 bridgehead atoms. The highest BCUT2D eigenvalue weighted by Crippen LogP contribution is 2.41. The van der Waals surface area contributed by atoms with Crippen LogP contribution in [0.2, 0.25) is 0 Å². The van der Waals surface area contributed by atoms with Gasteiger partial charge in [-0.05, 0) is 69.7 Å². The molecule has 2 nitrogen and oxygen atoms in total. The molecule has 104 valence electrons. The molecule has 1 aliphatic carbocycles. The highest BCUT2D eigenvalue weighted by atomic mass is 15.2. The Balaban J connectivity index is 1.88. The molecule has 19 heavy (non-hydrogen) atoms. The van der Waals surface area contributed by atoms with Gasteiger partial charge in [0.15, 0.2) is 0 Å². The number of anilines is 1. The zero-order valence-electron chi connectivity index (χ0n) is 12.5. The molecule has 1 N–H and O–H groups in total. The van der Waals surface area contributed by atoms with Crippen LogP contribution in [0.25, 0.3) is 0 Å². The van der Waals surface area contributed by atoms with Gasteiger partial charge in [0.1, 0.15) is 0 Å². The number of aryl methyl sites for hydroxylation is 2. The minimum Gasteiger partial charge on any atom is -0.369 e. The minimum absolute atomic E-state index is 0.312. The van der Waals surface area contributed by atoms with Crippen LogP contribution in [0.5, 0.6) is 0 Å². The average Bonchev–Trinajstić information content (AvgIpc) is 3.19. The van der Waals surface area contributed by atoms with E-state index in [1.54, 1.807) is 0 Å².